The molecule has 1 fully saturated rings. The van der Waals surface area contributed by atoms with Crippen molar-refractivity contribution in [3.63, 3.8) is 0 Å². The van der Waals surface area contributed by atoms with Crippen molar-refractivity contribution in [1.29, 1.82) is 0 Å². The van der Waals surface area contributed by atoms with Crippen LogP contribution in [0, 0.1) is 11.3 Å². The van der Waals surface area contributed by atoms with Gasteiger partial charge in [0.2, 0.25) is 0 Å². The number of ketones is 1. The predicted octanol–water partition coefficient (Wildman–Crippen LogP) is 3.27. The van der Waals surface area contributed by atoms with E-state index in [-0.39, 0.29) is 0 Å². The Bertz CT molecular complexity index is 326. The number of hydrogen-bond acceptors (Lipinski definition) is 1. The van der Waals surface area contributed by atoms with Crippen molar-refractivity contribution < 1.29 is 4.79 Å². The second kappa shape index (κ2) is 3.08. The monoisotopic (exact) mass is 190 g/mol. The molecule has 2 aliphatic carbocycles. The Morgan fingerprint density at radius 2 is 2.07 bits per heavy atom. The first-order chi connectivity index (χ1) is 6.47. The van der Waals surface area contributed by atoms with Crippen LogP contribution in [0.2, 0.25) is 0 Å². The van der Waals surface area contributed by atoms with E-state index in [0.717, 1.165) is 24.8 Å². The lowest BCUT2D eigenvalue weighted by atomic mass is 9.82. The van der Waals surface area contributed by atoms with Crippen molar-refractivity contribution >= 4 is 5.78 Å². The van der Waals surface area contributed by atoms with Gasteiger partial charge < -0.3 is 0 Å². The van der Waals surface area contributed by atoms with Gasteiger partial charge >= 0.3 is 0 Å². The summed E-state index contributed by atoms with van der Waals surface area (Å²) in [6.07, 6.45) is 7.16. The van der Waals surface area contributed by atoms with Gasteiger partial charge in [-0.25, -0.2) is 0 Å². The highest BCUT2D eigenvalue weighted by Crippen LogP contribution is 2.42. The van der Waals surface area contributed by atoms with Gasteiger partial charge in [0.05, 0.1) is 0 Å². The zero-order valence-corrected chi connectivity index (χ0v) is 9.26. The molecule has 0 aromatic rings. The number of fused-ring (bicyclic) bond motifs is 1. The van der Waals surface area contributed by atoms with E-state index in [9.17, 15) is 4.79 Å². The van der Waals surface area contributed by atoms with Gasteiger partial charge in [-0.05, 0) is 29.7 Å². The smallest absolute Gasteiger partial charge is 0.163 e. The van der Waals surface area contributed by atoms with E-state index in [4.69, 9.17) is 0 Å². The summed E-state index contributed by atoms with van der Waals surface area (Å²) >= 11 is 0. The minimum Gasteiger partial charge on any atom is -0.294 e. The molecule has 2 aliphatic rings. The van der Waals surface area contributed by atoms with Gasteiger partial charge in [0.1, 0.15) is 0 Å². The number of allylic oxidation sites excluding steroid dienone is 4. The minimum absolute atomic E-state index is 0.323. The second-order valence-corrected chi connectivity index (χ2v) is 5.60. The summed E-state index contributed by atoms with van der Waals surface area (Å²) < 4.78 is 0. The third-order valence-corrected chi connectivity index (χ3v) is 3.00. The third kappa shape index (κ3) is 1.68. The molecule has 0 bridgehead atoms. The Morgan fingerprint density at radius 1 is 1.36 bits per heavy atom. The van der Waals surface area contributed by atoms with E-state index < -0.39 is 0 Å². The average Bonchev–Trinajstić information content (AvgIpc) is 2.54. The first kappa shape index (κ1) is 9.70. The van der Waals surface area contributed by atoms with Crippen molar-refractivity contribution in [2.24, 2.45) is 11.3 Å². The number of rotatable bonds is 1. The molecule has 0 saturated heterocycles. The number of hydrogen-bond donors (Lipinski definition) is 0. The van der Waals surface area contributed by atoms with E-state index >= 15 is 0 Å². The first-order valence-corrected chi connectivity index (χ1v) is 5.41. The Hall–Kier alpha value is -0.850. The fourth-order valence-corrected chi connectivity index (χ4v) is 2.56. The molecule has 2 rings (SSSR count). The Labute approximate surface area is 85.9 Å². The van der Waals surface area contributed by atoms with Gasteiger partial charge in [-0.15, -0.1) is 0 Å². The van der Waals surface area contributed by atoms with Crippen molar-refractivity contribution in [2.75, 3.05) is 0 Å². The summed E-state index contributed by atoms with van der Waals surface area (Å²) in [7, 11) is 0. The molecule has 76 valence electrons. The van der Waals surface area contributed by atoms with Crippen molar-refractivity contribution in [3.8, 4) is 0 Å². The number of carbonyl (C=O) groups excluding carboxylic acids is 1. The molecule has 0 heterocycles. The Morgan fingerprint density at radius 3 is 2.71 bits per heavy atom. The zero-order valence-electron chi connectivity index (χ0n) is 9.26. The molecule has 0 N–H and O–H groups in total. The normalized spacial score (nSPS) is 26.2. The Kier molecular flexibility index (Phi) is 2.13. The van der Waals surface area contributed by atoms with E-state index in [2.05, 4.69) is 32.9 Å². The van der Waals surface area contributed by atoms with Crippen molar-refractivity contribution in [2.45, 2.75) is 40.0 Å². The molecule has 14 heavy (non-hydrogen) atoms. The van der Waals surface area contributed by atoms with Gasteiger partial charge in [-0.1, -0.05) is 32.9 Å². The van der Waals surface area contributed by atoms with Crippen LogP contribution < -0.4 is 0 Å². The van der Waals surface area contributed by atoms with Crippen LogP contribution in [0.15, 0.2) is 23.3 Å². The van der Waals surface area contributed by atoms with Crippen LogP contribution in [-0.4, -0.2) is 5.78 Å². The van der Waals surface area contributed by atoms with Gasteiger partial charge in [0, 0.05) is 12.0 Å². The summed E-state index contributed by atoms with van der Waals surface area (Å²) in [6.45, 7) is 6.73. The van der Waals surface area contributed by atoms with Gasteiger partial charge in [0.15, 0.2) is 5.78 Å². The van der Waals surface area contributed by atoms with Crippen LogP contribution in [0.4, 0.5) is 0 Å². The highest BCUT2D eigenvalue weighted by Gasteiger charge is 2.35. The molecule has 1 nitrogen and oxygen atoms in total. The van der Waals surface area contributed by atoms with Crippen molar-refractivity contribution in [1.82, 2.24) is 0 Å². The molecule has 0 aromatic carbocycles. The summed E-state index contributed by atoms with van der Waals surface area (Å²) in [4.78, 5) is 11.6. The van der Waals surface area contributed by atoms with E-state index in [1.807, 2.05) is 0 Å². The van der Waals surface area contributed by atoms with Crippen LogP contribution in [0.25, 0.3) is 0 Å². The molecular weight excluding hydrogens is 172 g/mol. The molecule has 0 aliphatic heterocycles. The molecule has 0 unspecified atom stereocenters. The topological polar surface area (TPSA) is 17.1 Å². The molecule has 0 amide bonds. The molecule has 0 aromatic heterocycles. The minimum atomic E-state index is 0.323. The van der Waals surface area contributed by atoms with Crippen LogP contribution in [0.3, 0.4) is 0 Å². The van der Waals surface area contributed by atoms with E-state index in [0.29, 0.717) is 17.1 Å². The lowest BCUT2D eigenvalue weighted by molar-refractivity contribution is -0.114. The maximum Gasteiger partial charge on any atom is 0.163 e. The highest BCUT2D eigenvalue weighted by molar-refractivity contribution is 6.04. The third-order valence-electron chi connectivity index (χ3n) is 3.00. The maximum atomic E-state index is 11.6. The summed E-state index contributed by atoms with van der Waals surface area (Å²) in [6, 6.07) is 0. The van der Waals surface area contributed by atoms with Gasteiger partial charge in [-0.3, -0.25) is 4.79 Å². The molecule has 1 saturated carbocycles. The SMILES string of the molecule is CC(C)(C)C[C@@H]1CC(=O)C2=CCC=C21. The summed E-state index contributed by atoms with van der Waals surface area (Å²) in [5.41, 5.74) is 2.69. The summed E-state index contributed by atoms with van der Waals surface area (Å²) in [5, 5.41) is 0. The molecular formula is C13H18O. The maximum absolute atomic E-state index is 11.6. The average molecular weight is 190 g/mol. The summed E-state index contributed by atoms with van der Waals surface area (Å²) in [5.74, 6) is 0.860. The highest BCUT2D eigenvalue weighted by atomic mass is 16.1. The zero-order chi connectivity index (χ0) is 10.3. The Balaban J connectivity index is 2.17. The predicted molar refractivity (Wildman–Crippen MR) is 58.0 cm³/mol. The molecule has 1 atom stereocenters. The molecule has 0 spiro atoms. The van der Waals surface area contributed by atoms with Crippen LogP contribution >= 0.6 is 0 Å². The lowest BCUT2D eigenvalue weighted by Gasteiger charge is -2.22. The van der Waals surface area contributed by atoms with Crippen LogP contribution in [0.1, 0.15) is 40.0 Å². The quantitative estimate of drug-likeness (QED) is 0.620. The second-order valence-electron chi connectivity index (χ2n) is 5.60. The van der Waals surface area contributed by atoms with Crippen LogP contribution in [0.5, 0.6) is 0 Å². The number of Topliss-reactive ketones (excluding diaryl/α,β-unsaturated/α-hetero) is 1. The van der Waals surface area contributed by atoms with E-state index in [1.165, 1.54) is 5.57 Å². The fraction of sp³-hybridized carbons (Fsp3) is 0.615. The number of carbonyl (C=O) groups is 1. The lowest BCUT2D eigenvalue weighted by Crippen LogP contribution is -2.12. The van der Waals surface area contributed by atoms with Gasteiger partial charge in [-0.2, -0.15) is 0 Å². The first-order valence-electron chi connectivity index (χ1n) is 5.41. The standard InChI is InChI=1S/C13H18O/c1-13(2,3)8-9-7-12(14)11-6-4-5-10(9)11/h5-6,9H,4,7-8H2,1-3H3/t9-/m0/s1. The molecule has 1 heteroatoms. The van der Waals surface area contributed by atoms with Gasteiger partial charge in [0.25, 0.3) is 0 Å². The van der Waals surface area contributed by atoms with Crippen LogP contribution in [-0.2, 0) is 4.79 Å². The van der Waals surface area contributed by atoms with Crippen molar-refractivity contribution in [3.05, 3.63) is 23.3 Å². The largest absolute Gasteiger partial charge is 0.294 e. The van der Waals surface area contributed by atoms with E-state index in [1.54, 1.807) is 0 Å². The fourth-order valence-electron chi connectivity index (χ4n) is 2.56. The molecule has 0 radical (unpaired) electrons.